The molecule has 0 aliphatic rings. The summed E-state index contributed by atoms with van der Waals surface area (Å²) in [6, 6.07) is 0. The van der Waals surface area contributed by atoms with Crippen LogP contribution in [0.3, 0.4) is 0 Å². The summed E-state index contributed by atoms with van der Waals surface area (Å²) < 4.78 is 5.82. The van der Waals surface area contributed by atoms with Gasteiger partial charge in [0.05, 0.1) is 22.1 Å². The van der Waals surface area contributed by atoms with E-state index < -0.39 is 0 Å². The van der Waals surface area contributed by atoms with Crippen molar-refractivity contribution >= 4 is 34.6 Å². The fraction of sp³-hybridized carbons (Fsp3) is 0.429. The summed E-state index contributed by atoms with van der Waals surface area (Å²) in [6.07, 6.45) is 5.33. The molecule has 0 atom stereocenters. The van der Waals surface area contributed by atoms with E-state index in [-0.39, 0.29) is 5.97 Å². The van der Waals surface area contributed by atoms with Crippen LogP contribution in [0.1, 0.15) is 34.6 Å². The van der Waals surface area contributed by atoms with Crippen molar-refractivity contribution in [2.24, 2.45) is 0 Å². The molecule has 4 nitrogen and oxygen atoms in total. The van der Waals surface area contributed by atoms with Crippen molar-refractivity contribution in [3.05, 3.63) is 21.5 Å². The van der Waals surface area contributed by atoms with Crippen molar-refractivity contribution in [3.63, 3.8) is 0 Å². The van der Waals surface area contributed by atoms with E-state index in [0.29, 0.717) is 17.3 Å². The first-order valence-electron chi connectivity index (χ1n) is 6.36. The Balaban J connectivity index is 0.00000154. The Kier molecular flexibility index (Phi) is 8.53. The van der Waals surface area contributed by atoms with Gasteiger partial charge in [-0.05, 0) is 26.8 Å². The number of allylic oxidation sites excluding steroid dienone is 1. The third-order valence-corrected chi connectivity index (χ3v) is 2.93. The molecule has 5 heteroatoms. The largest absolute Gasteiger partial charge is 0.462 e. The van der Waals surface area contributed by atoms with Crippen LogP contribution in [0.2, 0.25) is 0 Å². The van der Waals surface area contributed by atoms with Crippen molar-refractivity contribution in [1.82, 2.24) is 4.98 Å². The smallest absolute Gasteiger partial charge is 0.337 e. The third-order valence-electron chi connectivity index (χ3n) is 2.08. The SMILES string of the molecule is CC.C\C=C(/C=c1/sc(N)n/c1=C/C)C(=O)OCC. The molecule has 0 fully saturated rings. The molecule has 1 aromatic heterocycles. The molecule has 0 radical (unpaired) electrons. The monoisotopic (exact) mass is 282 g/mol. The number of nitrogen functional groups attached to an aromatic ring is 1. The summed E-state index contributed by atoms with van der Waals surface area (Å²) in [5, 5.41) is 1.28. The van der Waals surface area contributed by atoms with Crippen LogP contribution in [-0.4, -0.2) is 17.6 Å². The summed E-state index contributed by atoms with van der Waals surface area (Å²) in [4.78, 5) is 15.8. The quantitative estimate of drug-likeness (QED) is 0.678. The maximum atomic E-state index is 11.6. The van der Waals surface area contributed by atoms with Crippen molar-refractivity contribution < 1.29 is 9.53 Å². The first kappa shape index (κ1) is 17.4. The van der Waals surface area contributed by atoms with E-state index in [1.54, 1.807) is 26.0 Å². The van der Waals surface area contributed by atoms with Crippen LogP contribution in [-0.2, 0) is 9.53 Å². The molecule has 0 unspecified atom stereocenters. The highest BCUT2D eigenvalue weighted by Crippen LogP contribution is 2.02. The van der Waals surface area contributed by atoms with Crippen LogP contribution in [0.15, 0.2) is 11.6 Å². The molecule has 0 aliphatic carbocycles. The molecule has 0 aromatic carbocycles. The Hall–Kier alpha value is -1.62. The van der Waals surface area contributed by atoms with Crippen molar-refractivity contribution in [1.29, 1.82) is 0 Å². The fourth-order valence-corrected chi connectivity index (χ4v) is 2.11. The second kappa shape index (κ2) is 9.33. The Morgan fingerprint density at radius 2 is 2.05 bits per heavy atom. The number of esters is 1. The zero-order valence-electron chi connectivity index (χ0n) is 12.2. The second-order valence-electron chi connectivity index (χ2n) is 3.20. The van der Waals surface area contributed by atoms with Gasteiger partial charge < -0.3 is 10.5 Å². The molecule has 1 heterocycles. The average molecular weight is 282 g/mol. The zero-order valence-corrected chi connectivity index (χ0v) is 13.0. The molecular weight excluding hydrogens is 260 g/mol. The van der Waals surface area contributed by atoms with Crippen LogP contribution in [0.5, 0.6) is 0 Å². The molecule has 106 valence electrons. The Morgan fingerprint density at radius 1 is 1.42 bits per heavy atom. The highest BCUT2D eigenvalue weighted by molar-refractivity contribution is 7.13. The molecular formula is C14H22N2O2S. The standard InChI is InChI=1S/C12H16N2O2S.C2H6/c1-4-8(11(15)16-6-3)7-10-9(5-2)14-12(13)17-10;1-2/h4-5,7H,6H2,1-3H3,(H2,13,14);1-2H3/b8-4+,9-5+,10-7+;. The predicted molar refractivity (Wildman–Crippen MR) is 82.1 cm³/mol. The molecule has 0 bridgehead atoms. The van der Waals surface area contributed by atoms with E-state index in [4.69, 9.17) is 10.5 Å². The van der Waals surface area contributed by atoms with Gasteiger partial charge in [0.1, 0.15) is 0 Å². The molecule has 1 rings (SSSR count). The summed E-state index contributed by atoms with van der Waals surface area (Å²) >= 11 is 1.35. The van der Waals surface area contributed by atoms with Crippen LogP contribution in [0, 0.1) is 0 Å². The van der Waals surface area contributed by atoms with E-state index in [1.165, 1.54) is 11.3 Å². The van der Waals surface area contributed by atoms with E-state index in [2.05, 4.69) is 4.98 Å². The van der Waals surface area contributed by atoms with Crippen LogP contribution in [0.4, 0.5) is 5.13 Å². The first-order valence-corrected chi connectivity index (χ1v) is 7.17. The van der Waals surface area contributed by atoms with Gasteiger partial charge in [-0.15, -0.1) is 0 Å². The highest BCUT2D eigenvalue weighted by atomic mass is 32.1. The predicted octanol–water partition coefficient (Wildman–Crippen LogP) is 1.84. The van der Waals surface area contributed by atoms with Gasteiger partial charge in [-0.2, -0.15) is 0 Å². The first-order chi connectivity index (χ1) is 9.12. The van der Waals surface area contributed by atoms with Crippen molar-refractivity contribution in [2.75, 3.05) is 12.3 Å². The maximum absolute atomic E-state index is 11.6. The van der Waals surface area contributed by atoms with Gasteiger partial charge in [0.25, 0.3) is 0 Å². The van der Waals surface area contributed by atoms with E-state index in [9.17, 15) is 4.79 Å². The summed E-state index contributed by atoms with van der Waals surface area (Å²) in [7, 11) is 0. The van der Waals surface area contributed by atoms with Crippen LogP contribution < -0.4 is 15.6 Å². The number of rotatable bonds is 3. The summed E-state index contributed by atoms with van der Waals surface area (Å²) in [5.74, 6) is -0.330. The van der Waals surface area contributed by atoms with Crippen LogP contribution in [0.25, 0.3) is 12.2 Å². The van der Waals surface area contributed by atoms with Crippen LogP contribution >= 0.6 is 11.3 Å². The number of nitrogens with zero attached hydrogens (tertiary/aromatic N) is 1. The molecule has 0 saturated heterocycles. The minimum Gasteiger partial charge on any atom is -0.462 e. The molecule has 0 spiro atoms. The zero-order chi connectivity index (χ0) is 14.8. The Bertz CT molecular complexity index is 544. The molecule has 0 amide bonds. The highest BCUT2D eigenvalue weighted by Gasteiger charge is 2.06. The molecule has 2 N–H and O–H groups in total. The lowest BCUT2D eigenvalue weighted by atomic mass is 10.2. The summed E-state index contributed by atoms with van der Waals surface area (Å²) in [6.45, 7) is 9.82. The number of aromatic nitrogens is 1. The number of hydrogen-bond acceptors (Lipinski definition) is 5. The minimum absolute atomic E-state index is 0.330. The number of carbonyl (C=O) groups is 1. The van der Waals surface area contributed by atoms with E-state index >= 15 is 0 Å². The molecule has 0 aliphatic heterocycles. The van der Waals surface area contributed by atoms with E-state index in [0.717, 1.165) is 9.88 Å². The van der Waals surface area contributed by atoms with Crippen molar-refractivity contribution in [2.45, 2.75) is 34.6 Å². The lowest BCUT2D eigenvalue weighted by Crippen LogP contribution is -2.21. The summed E-state index contributed by atoms with van der Waals surface area (Å²) in [5.41, 5.74) is 6.15. The number of anilines is 1. The number of nitrogens with two attached hydrogens (primary N) is 1. The van der Waals surface area contributed by atoms with Gasteiger partial charge >= 0.3 is 5.97 Å². The fourth-order valence-electron chi connectivity index (χ4n) is 1.29. The normalized spacial score (nSPS) is 13.0. The van der Waals surface area contributed by atoms with Gasteiger partial charge in [-0.1, -0.05) is 37.3 Å². The van der Waals surface area contributed by atoms with Gasteiger partial charge in [-0.25, -0.2) is 9.78 Å². The van der Waals surface area contributed by atoms with Gasteiger partial charge in [0, 0.05) is 0 Å². The molecule has 19 heavy (non-hydrogen) atoms. The third kappa shape index (κ3) is 5.26. The van der Waals surface area contributed by atoms with Crippen molar-refractivity contribution in [3.8, 4) is 0 Å². The molecule has 0 saturated carbocycles. The Labute approximate surface area is 118 Å². The molecule has 1 aromatic rings. The van der Waals surface area contributed by atoms with Gasteiger partial charge in [-0.3, -0.25) is 0 Å². The number of ether oxygens (including phenoxy) is 1. The lowest BCUT2D eigenvalue weighted by molar-refractivity contribution is -0.137. The average Bonchev–Trinajstić information content (AvgIpc) is 2.78. The second-order valence-corrected chi connectivity index (χ2v) is 4.26. The maximum Gasteiger partial charge on any atom is 0.337 e. The Morgan fingerprint density at radius 3 is 2.53 bits per heavy atom. The number of carbonyl (C=O) groups excluding carboxylic acids is 1. The van der Waals surface area contributed by atoms with E-state index in [1.807, 2.05) is 26.8 Å². The number of hydrogen-bond donors (Lipinski definition) is 1. The topological polar surface area (TPSA) is 65.2 Å². The lowest BCUT2D eigenvalue weighted by Gasteiger charge is -2.00. The minimum atomic E-state index is -0.330. The van der Waals surface area contributed by atoms with Gasteiger partial charge in [0.15, 0.2) is 5.13 Å². The van der Waals surface area contributed by atoms with Gasteiger partial charge in [0.2, 0.25) is 0 Å². The number of thiazole rings is 1.